The summed E-state index contributed by atoms with van der Waals surface area (Å²) in [6.45, 7) is 10.00. The summed E-state index contributed by atoms with van der Waals surface area (Å²) >= 11 is 0. The highest BCUT2D eigenvalue weighted by Crippen LogP contribution is 2.52. The van der Waals surface area contributed by atoms with Gasteiger partial charge in [0.15, 0.2) is 0 Å². The first-order chi connectivity index (χ1) is 16.3. The molecule has 5 rings (SSSR count). The maximum absolute atomic E-state index is 13.8. The van der Waals surface area contributed by atoms with Gasteiger partial charge >= 0.3 is 0 Å². The third kappa shape index (κ3) is 4.34. The zero-order valence-electron chi connectivity index (χ0n) is 20.4. The van der Waals surface area contributed by atoms with Gasteiger partial charge < -0.3 is 14.7 Å². The van der Waals surface area contributed by atoms with Crippen LogP contribution in [0.15, 0.2) is 47.4 Å². The van der Waals surface area contributed by atoms with Gasteiger partial charge in [0.25, 0.3) is 10.0 Å². The van der Waals surface area contributed by atoms with Crippen LogP contribution in [-0.2, 0) is 21.2 Å². The quantitative estimate of drug-likeness (QED) is 0.607. The first kappa shape index (κ1) is 23.6. The lowest BCUT2D eigenvalue weighted by molar-refractivity contribution is 0.149. The lowest BCUT2D eigenvalue weighted by Gasteiger charge is -2.35. The van der Waals surface area contributed by atoms with Gasteiger partial charge in [0.05, 0.1) is 29.9 Å². The van der Waals surface area contributed by atoms with E-state index in [2.05, 4.69) is 11.8 Å². The molecule has 0 spiro atoms. The highest BCUT2D eigenvalue weighted by molar-refractivity contribution is 7.92. The Morgan fingerprint density at radius 3 is 2.47 bits per heavy atom. The number of hydrogen-bond donors (Lipinski definition) is 1. The van der Waals surface area contributed by atoms with Crippen molar-refractivity contribution in [2.45, 2.75) is 44.6 Å². The van der Waals surface area contributed by atoms with Crippen LogP contribution in [0.4, 0.5) is 11.4 Å². The molecule has 1 N–H and O–H groups in total. The standard InChI is InChI=1S/C27H36N2O4S/c1-4-19-5-7-20(8-6-19)29(14-18(2)3)34(31,32)21-9-10-26-22(13-21)27(30)11-12-28(26)15-23-24-16-33-17-25(23)24/h5-10,13,18,23-25,27,30H,4,11-12,14-17H2,1-3H3/t23?,24-,25+,27?. The molecule has 3 aliphatic rings. The minimum atomic E-state index is -3.78. The van der Waals surface area contributed by atoms with Crippen molar-refractivity contribution in [1.29, 1.82) is 0 Å². The fourth-order valence-corrected chi connectivity index (χ4v) is 7.24. The second-order valence-electron chi connectivity index (χ2n) is 10.5. The number of nitrogens with zero attached hydrogens (tertiary/aromatic N) is 2. The molecule has 2 aromatic carbocycles. The summed E-state index contributed by atoms with van der Waals surface area (Å²) in [5, 5.41) is 10.8. The molecule has 0 bridgehead atoms. The van der Waals surface area contributed by atoms with Crippen LogP contribution in [0.2, 0.25) is 0 Å². The number of hydrogen-bond acceptors (Lipinski definition) is 5. The van der Waals surface area contributed by atoms with E-state index >= 15 is 0 Å². The van der Waals surface area contributed by atoms with Crippen LogP contribution < -0.4 is 9.21 Å². The number of aliphatic hydroxyl groups excluding tert-OH is 1. The first-order valence-corrected chi connectivity index (χ1v) is 14.0. The Hall–Kier alpha value is -2.09. The smallest absolute Gasteiger partial charge is 0.264 e. The number of fused-ring (bicyclic) bond motifs is 2. The summed E-state index contributed by atoms with van der Waals surface area (Å²) in [7, 11) is -3.78. The van der Waals surface area contributed by atoms with Gasteiger partial charge in [0.2, 0.25) is 0 Å². The van der Waals surface area contributed by atoms with Crippen molar-refractivity contribution >= 4 is 21.4 Å². The topological polar surface area (TPSA) is 70.1 Å². The summed E-state index contributed by atoms with van der Waals surface area (Å²) in [5.41, 5.74) is 3.54. The van der Waals surface area contributed by atoms with Gasteiger partial charge in [-0.3, -0.25) is 4.31 Å². The third-order valence-corrected chi connectivity index (χ3v) is 9.47. The molecule has 2 aliphatic heterocycles. The van der Waals surface area contributed by atoms with Crippen molar-refractivity contribution in [3.05, 3.63) is 53.6 Å². The SMILES string of the molecule is CCc1ccc(N(CC(C)C)S(=O)(=O)c2ccc3c(c2)C(O)CCN3CC2[C@H]3COC[C@@H]23)cc1. The molecule has 1 saturated heterocycles. The van der Waals surface area contributed by atoms with Crippen molar-refractivity contribution in [1.82, 2.24) is 0 Å². The van der Waals surface area contributed by atoms with Crippen molar-refractivity contribution < 1.29 is 18.3 Å². The Morgan fingerprint density at radius 2 is 1.82 bits per heavy atom. The summed E-state index contributed by atoms with van der Waals surface area (Å²) in [4.78, 5) is 2.57. The van der Waals surface area contributed by atoms with Crippen molar-refractivity contribution in [2.24, 2.45) is 23.7 Å². The van der Waals surface area contributed by atoms with Gasteiger partial charge in [-0.1, -0.05) is 32.9 Å². The maximum Gasteiger partial charge on any atom is 0.264 e. The normalized spacial score (nSPS) is 25.9. The summed E-state index contributed by atoms with van der Waals surface area (Å²) in [5.74, 6) is 2.14. The average molecular weight is 485 g/mol. The molecule has 2 fully saturated rings. The predicted octanol–water partition coefficient (Wildman–Crippen LogP) is 4.24. The van der Waals surface area contributed by atoms with E-state index in [4.69, 9.17) is 4.74 Å². The third-order valence-electron chi connectivity index (χ3n) is 7.68. The van der Waals surface area contributed by atoms with Crippen LogP contribution in [-0.4, -0.2) is 46.4 Å². The molecular formula is C27H36N2O4S. The molecule has 34 heavy (non-hydrogen) atoms. The minimum absolute atomic E-state index is 0.168. The van der Waals surface area contributed by atoms with Gasteiger partial charge in [0.1, 0.15) is 0 Å². The number of ether oxygens (including phenoxy) is 1. The predicted molar refractivity (Wildman–Crippen MR) is 135 cm³/mol. The number of aliphatic hydroxyl groups is 1. The molecule has 2 aromatic rings. The van der Waals surface area contributed by atoms with Gasteiger partial charge in [-0.25, -0.2) is 8.42 Å². The highest BCUT2D eigenvalue weighted by atomic mass is 32.2. The Labute approximate surface area is 203 Å². The second-order valence-corrected chi connectivity index (χ2v) is 12.3. The molecule has 4 atom stereocenters. The van der Waals surface area contributed by atoms with E-state index in [1.54, 1.807) is 12.1 Å². The molecule has 0 amide bonds. The number of aryl methyl sites for hydroxylation is 1. The van der Waals surface area contributed by atoms with E-state index in [-0.39, 0.29) is 10.8 Å². The maximum atomic E-state index is 13.8. The van der Waals surface area contributed by atoms with Gasteiger partial charge in [0, 0.05) is 30.9 Å². The lowest BCUT2D eigenvalue weighted by atomic mass is 9.98. The van der Waals surface area contributed by atoms with E-state index in [0.29, 0.717) is 36.4 Å². The molecule has 6 nitrogen and oxygen atoms in total. The molecule has 2 heterocycles. The Morgan fingerprint density at radius 1 is 1.12 bits per heavy atom. The Kier molecular flexibility index (Phi) is 6.38. The molecule has 1 saturated carbocycles. The van der Waals surface area contributed by atoms with Gasteiger partial charge in [-0.05, 0) is 72.4 Å². The van der Waals surface area contributed by atoms with Crippen LogP contribution >= 0.6 is 0 Å². The van der Waals surface area contributed by atoms with E-state index in [0.717, 1.165) is 44.0 Å². The lowest BCUT2D eigenvalue weighted by Crippen LogP contribution is -2.36. The number of rotatable bonds is 8. The number of anilines is 2. The molecule has 0 aromatic heterocycles. The molecule has 2 unspecified atom stereocenters. The largest absolute Gasteiger partial charge is 0.388 e. The fourth-order valence-electron chi connectivity index (χ4n) is 5.57. The molecule has 7 heteroatoms. The molecule has 184 valence electrons. The van der Waals surface area contributed by atoms with E-state index < -0.39 is 16.1 Å². The zero-order valence-corrected chi connectivity index (χ0v) is 21.2. The van der Waals surface area contributed by atoms with Gasteiger partial charge in [-0.2, -0.15) is 0 Å². The second kappa shape index (κ2) is 9.17. The van der Waals surface area contributed by atoms with Crippen LogP contribution in [0.25, 0.3) is 0 Å². The van der Waals surface area contributed by atoms with E-state index in [1.165, 1.54) is 9.87 Å². The summed E-state index contributed by atoms with van der Waals surface area (Å²) in [6.07, 6.45) is 0.875. The number of sulfonamides is 1. The van der Waals surface area contributed by atoms with Crippen LogP contribution in [0.5, 0.6) is 0 Å². The van der Waals surface area contributed by atoms with Crippen LogP contribution in [0, 0.1) is 23.7 Å². The minimum Gasteiger partial charge on any atom is -0.388 e. The monoisotopic (exact) mass is 484 g/mol. The van der Waals surface area contributed by atoms with Gasteiger partial charge in [-0.15, -0.1) is 0 Å². The Bertz CT molecular complexity index is 1120. The van der Waals surface area contributed by atoms with Crippen LogP contribution in [0.3, 0.4) is 0 Å². The van der Waals surface area contributed by atoms with E-state index in [1.807, 2.05) is 44.2 Å². The molecule has 0 radical (unpaired) electrons. The zero-order chi connectivity index (χ0) is 24.0. The van der Waals surface area contributed by atoms with Crippen molar-refractivity contribution in [2.75, 3.05) is 42.1 Å². The van der Waals surface area contributed by atoms with E-state index in [9.17, 15) is 13.5 Å². The molecular weight excluding hydrogens is 448 g/mol. The average Bonchev–Trinajstić information content (AvgIpc) is 3.23. The van der Waals surface area contributed by atoms with Crippen molar-refractivity contribution in [3.63, 3.8) is 0 Å². The number of benzene rings is 2. The summed E-state index contributed by atoms with van der Waals surface area (Å²) < 4.78 is 34.7. The Balaban J connectivity index is 1.44. The first-order valence-electron chi connectivity index (χ1n) is 12.6. The highest BCUT2D eigenvalue weighted by Gasteiger charge is 2.54. The molecule has 1 aliphatic carbocycles. The fraction of sp³-hybridized carbons (Fsp3) is 0.556. The van der Waals surface area contributed by atoms with Crippen molar-refractivity contribution in [3.8, 4) is 0 Å². The summed E-state index contributed by atoms with van der Waals surface area (Å²) in [6, 6.07) is 13.1. The van der Waals surface area contributed by atoms with Crippen LogP contribution in [0.1, 0.15) is 44.4 Å².